The van der Waals surface area contributed by atoms with Gasteiger partial charge >= 0.3 is 0 Å². The van der Waals surface area contributed by atoms with Crippen LogP contribution in [0.5, 0.6) is 0 Å². The maximum atomic E-state index is 14.3. The first-order chi connectivity index (χ1) is 15.1. The number of nitrogens with two attached hydrogens (primary N) is 1. The van der Waals surface area contributed by atoms with E-state index in [1.54, 1.807) is 6.92 Å². The van der Waals surface area contributed by atoms with Crippen LogP contribution in [-0.2, 0) is 9.59 Å². The van der Waals surface area contributed by atoms with Crippen LogP contribution < -0.4 is 16.0 Å². The molecule has 2 rings (SSSR count). The van der Waals surface area contributed by atoms with Crippen molar-refractivity contribution in [3.63, 3.8) is 0 Å². The highest BCUT2D eigenvalue weighted by Gasteiger charge is 2.40. The van der Waals surface area contributed by atoms with Gasteiger partial charge in [0.25, 0.3) is 0 Å². The van der Waals surface area contributed by atoms with Crippen LogP contribution in [0.3, 0.4) is 0 Å². The normalized spacial score (nSPS) is 19.8. The van der Waals surface area contributed by atoms with Gasteiger partial charge in [-0.3, -0.25) is 14.5 Å². The summed E-state index contributed by atoms with van der Waals surface area (Å²) in [7, 11) is 0. The number of nitrogens with zero attached hydrogens (tertiary/aromatic N) is 2. The Morgan fingerprint density at radius 2 is 1.94 bits per heavy atom. The van der Waals surface area contributed by atoms with Gasteiger partial charge in [0.15, 0.2) is 11.6 Å². The molecule has 9 heteroatoms. The van der Waals surface area contributed by atoms with E-state index in [1.165, 1.54) is 17.0 Å². The van der Waals surface area contributed by atoms with Crippen LogP contribution in [0.25, 0.3) is 0 Å². The molecule has 4 N–H and O–H groups in total. The predicted molar refractivity (Wildman–Crippen MR) is 125 cm³/mol. The van der Waals surface area contributed by atoms with E-state index in [0.717, 1.165) is 6.07 Å². The van der Waals surface area contributed by atoms with Gasteiger partial charge in [-0.1, -0.05) is 33.8 Å². The lowest BCUT2D eigenvalue weighted by Crippen LogP contribution is -2.64. The molecule has 0 aromatic heterocycles. The molecule has 1 aliphatic rings. The van der Waals surface area contributed by atoms with Crippen molar-refractivity contribution in [1.29, 1.82) is 0 Å². The van der Waals surface area contributed by atoms with Gasteiger partial charge < -0.3 is 21.1 Å². The van der Waals surface area contributed by atoms with Crippen molar-refractivity contribution < 1.29 is 23.5 Å². The van der Waals surface area contributed by atoms with Gasteiger partial charge in [0.1, 0.15) is 0 Å². The van der Waals surface area contributed by atoms with Crippen molar-refractivity contribution in [3.8, 4) is 0 Å². The zero-order chi connectivity index (χ0) is 25.1. The monoisotopic (exact) mass is 468 g/mol. The highest BCUT2D eigenvalue weighted by atomic mass is 19.2. The minimum atomic E-state index is -1.05. The van der Waals surface area contributed by atoms with Gasteiger partial charge in [0.05, 0.1) is 18.3 Å². The van der Waals surface area contributed by atoms with Crippen LogP contribution in [0.2, 0.25) is 0 Å². The fourth-order valence-corrected chi connectivity index (χ4v) is 3.82. The van der Waals surface area contributed by atoms with E-state index in [4.69, 9.17) is 5.73 Å². The highest BCUT2D eigenvalue weighted by Crippen LogP contribution is 2.29. The number of aliphatic hydroxyl groups is 1. The van der Waals surface area contributed by atoms with Crippen LogP contribution >= 0.6 is 0 Å². The average molecular weight is 469 g/mol. The number of amides is 2. The lowest BCUT2D eigenvalue weighted by atomic mass is 9.93. The summed E-state index contributed by atoms with van der Waals surface area (Å²) in [6.07, 6.45) is -0.745. The Labute approximate surface area is 195 Å². The first-order valence-electron chi connectivity index (χ1n) is 11.3. The molecule has 1 heterocycles. The van der Waals surface area contributed by atoms with Gasteiger partial charge in [-0.05, 0) is 37.8 Å². The molecule has 0 aliphatic carbocycles. The zero-order valence-electron chi connectivity index (χ0n) is 20.5. The summed E-state index contributed by atoms with van der Waals surface area (Å²) in [5, 5.41) is 13.5. The van der Waals surface area contributed by atoms with Crippen LogP contribution in [0.4, 0.5) is 14.5 Å². The number of anilines is 1. The molecule has 1 saturated heterocycles. The molecular formula is C24H38F2N4O3. The third-order valence-electron chi connectivity index (χ3n) is 6.01. The Morgan fingerprint density at radius 1 is 1.30 bits per heavy atom. The van der Waals surface area contributed by atoms with Crippen LogP contribution in [0, 0.1) is 23.0 Å². The van der Waals surface area contributed by atoms with Crippen LogP contribution in [0.15, 0.2) is 18.2 Å². The van der Waals surface area contributed by atoms with Gasteiger partial charge in [-0.2, -0.15) is 0 Å². The molecule has 1 aromatic carbocycles. The number of hydrogen-bond acceptors (Lipinski definition) is 5. The summed E-state index contributed by atoms with van der Waals surface area (Å²) in [4.78, 5) is 28.2. The molecule has 0 bridgehead atoms. The molecular weight excluding hydrogens is 430 g/mol. The molecule has 33 heavy (non-hydrogen) atoms. The summed E-state index contributed by atoms with van der Waals surface area (Å²) >= 11 is 0. The first-order valence-corrected chi connectivity index (χ1v) is 11.3. The highest BCUT2D eigenvalue weighted by molar-refractivity contribution is 5.96. The molecule has 2 amide bonds. The maximum absolute atomic E-state index is 14.3. The second kappa shape index (κ2) is 10.4. The molecule has 1 fully saturated rings. The Balaban J connectivity index is 1.99. The molecule has 1 aliphatic heterocycles. The Morgan fingerprint density at radius 3 is 2.55 bits per heavy atom. The van der Waals surface area contributed by atoms with Crippen molar-refractivity contribution in [1.82, 2.24) is 10.2 Å². The number of hydrogen-bond donors (Lipinski definition) is 3. The van der Waals surface area contributed by atoms with Crippen molar-refractivity contribution in [2.75, 3.05) is 31.1 Å². The molecule has 0 radical (unpaired) electrons. The van der Waals surface area contributed by atoms with Crippen molar-refractivity contribution in [2.45, 2.75) is 65.6 Å². The van der Waals surface area contributed by atoms with Gasteiger partial charge in [0.2, 0.25) is 11.8 Å². The molecule has 0 saturated carbocycles. The molecule has 0 unspecified atom stereocenters. The van der Waals surface area contributed by atoms with Crippen molar-refractivity contribution >= 4 is 17.5 Å². The second-order valence-corrected chi connectivity index (χ2v) is 10.9. The summed E-state index contributed by atoms with van der Waals surface area (Å²) in [6, 6.07) is 3.07. The first kappa shape index (κ1) is 27.1. The molecule has 0 spiro atoms. The van der Waals surface area contributed by atoms with Gasteiger partial charge in [-0.25, -0.2) is 8.78 Å². The minimum Gasteiger partial charge on any atom is -0.391 e. The number of benzene rings is 1. The second-order valence-electron chi connectivity index (χ2n) is 10.9. The molecule has 3 atom stereocenters. The van der Waals surface area contributed by atoms with E-state index < -0.39 is 35.2 Å². The zero-order valence-corrected chi connectivity index (χ0v) is 20.5. The smallest absolute Gasteiger partial charge is 0.241 e. The largest absolute Gasteiger partial charge is 0.391 e. The summed E-state index contributed by atoms with van der Waals surface area (Å²) in [5.74, 6) is -3.00. The number of halogens is 2. The lowest BCUT2D eigenvalue weighted by Gasteiger charge is -2.47. The fraction of sp³-hybridized carbons (Fsp3) is 0.667. The number of piperazine rings is 1. The molecule has 186 valence electrons. The number of rotatable bonds is 8. The van der Waals surface area contributed by atoms with E-state index >= 15 is 0 Å². The SMILES string of the molecule is C[C@H](C[C@H](O)[C@@H](N)CN1CC(=O)N(c2cccc(F)c2F)CC1(C)C)C(=O)NCC(C)(C)C. The summed E-state index contributed by atoms with van der Waals surface area (Å²) in [5.41, 5.74) is 5.51. The molecule has 7 nitrogen and oxygen atoms in total. The average Bonchev–Trinajstić information content (AvgIpc) is 2.70. The predicted octanol–water partition coefficient (Wildman–Crippen LogP) is 2.27. The Kier molecular flexibility index (Phi) is 8.59. The van der Waals surface area contributed by atoms with E-state index in [9.17, 15) is 23.5 Å². The van der Waals surface area contributed by atoms with Crippen molar-refractivity contribution in [3.05, 3.63) is 29.8 Å². The van der Waals surface area contributed by atoms with Gasteiger partial charge in [-0.15, -0.1) is 0 Å². The number of carbonyl (C=O) groups is 2. The van der Waals surface area contributed by atoms with Gasteiger partial charge in [0, 0.05) is 37.1 Å². The molecule has 1 aromatic rings. The third-order valence-corrected chi connectivity index (χ3v) is 6.01. The minimum absolute atomic E-state index is 0.0426. The fourth-order valence-electron chi connectivity index (χ4n) is 3.82. The Bertz CT molecular complexity index is 857. The maximum Gasteiger partial charge on any atom is 0.241 e. The van der Waals surface area contributed by atoms with Crippen LogP contribution in [-0.4, -0.2) is 65.7 Å². The Hall–Kier alpha value is -2.10. The lowest BCUT2D eigenvalue weighted by molar-refractivity contribution is -0.126. The third kappa shape index (κ3) is 7.19. The van der Waals surface area contributed by atoms with Crippen LogP contribution in [0.1, 0.15) is 48.0 Å². The number of nitrogens with one attached hydrogen (secondary N) is 1. The quantitative estimate of drug-likeness (QED) is 0.544. The topological polar surface area (TPSA) is 98.9 Å². The number of carbonyl (C=O) groups excluding carboxylic acids is 2. The van der Waals surface area contributed by atoms with E-state index in [0.29, 0.717) is 6.54 Å². The summed E-state index contributed by atoms with van der Waals surface area (Å²) < 4.78 is 27.9. The van der Waals surface area contributed by atoms with E-state index in [-0.39, 0.29) is 49.0 Å². The summed E-state index contributed by atoms with van der Waals surface area (Å²) in [6.45, 7) is 12.4. The standard InChI is InChI=1S/C24H38F2N4O3/c1-15(22(33)28-13-23(2,3)4)10-19(31)17(27)11-29-12-20(32)30(14-24(29,5)6)18-9-7-8-16(25)21(18)26/h7-9,15,17,19,31H,10-14,27H2,1-6H3,(H,28,33)/t15-,17+,19+/m1/s1. The number of aliphatic hydroxyl groups excluding tert-OH is 1. The van der Waals surface area contributed by atoms with Crippen molar-refractivity contribution in [2.24, 2.45) is 17.1 Å². The van der Waals surface area contributed by atoms with E-state index in [1.807, 2.05) is 39.5 Å². The van der Waals surface area contributed by atoms with E-state index in [2.05, 4.69) is 5.32 Å².